The molecule has 3 aromatic carbocycles. The van der Waals surface area contributed by atoms with Crippen molar-refractivity contribution in [2.75, 3.05) is 11.1 Å². The second-order valence-electron chi connectivity index (χ2n) is 6.91. The molecule has 4 aromatic rings. The molecule has 2 heterocycles. The molecule has 1 aromatic heterocycles. The molecule has 5 nitrogen and oxygen atoms in total. The van der Waals surface area contributed by atoms with E-state index < -0.39 is 0 Å². The lowest BCUT2D eigenvalue weighted by atomic mass is 9.96. The van der Waals surface area contributed by atoms with Crippen LogP contribution in [0.1, 0.15) is 16.7 Å². The predicted octanol–water partition coefficient (Wildman–Crippen LogP) is 4.82. The summed E-state index contributed by atoms with van der Waals surface area (Å²) in [4.78, 5) is 13.0. The Balaban J connectivity index is 1.48. The van der Waals surface area contributed by atoms with Crippen LogP contribution in [0.3, 0.4) is 0 Å². The van der Waals surface area contributed by atoms with Crippen LogP contribution < -0.4 is 11.1 Å². The van der Waals surface area contributed by atoms with Crippen LogP contribution in [0.5, 0.6) is 0 Å². The number of nitrogen functional groups attached to an aromatic ring is 1. The van der Waals surface area contributed by atoms with Crippen molar-refractivity contribution in [2.24, 2.45) is 4.99 Å². The van der Waals surface area contributed by atoms with Crippen LogP contribution in [0, 0.1) is 0 Å². The number of benzene rings is 3. The third kappa shape index (κ3) is 3.46. The first-order valence-corrected chi connectivity index (χ1v) is 9.45. The number of hydrogen-bond donors (Lipinski definition) is 2. The number of anilines is 3. The van der Waals surface area contributed by atoms with Gasteiger partial charge in [-0.3, -0.25) is 4.99 Å². The van der Waals surface area contributed by atoms with E-state index in [1.165, 1.54) is 16.7 Å². The number of hydrogen-bond acceptors (Lipinski definition) is 5. The Morgan fingerprint density at radius 3 is 2.48 bits per heavy atom. The zero-order chi connectivity index (χ0) is 19.6. The van der Waals surface area contributed by atoms with Crippen molar-refractivity contribution in [3.05, 3.63) is 102 Å². The van der Waals surface area contributed by atoms with Crippen LogP contribution in [0.4, 0.5) is 17.5 Å². The van der Waals surface area contributed by atoms with Crippen molar-refractivity contribution in [3.63, 3.8) is 0 Å². The van der Waals surface area contributed by atoms with Crippen molar-refractivity contribution in [3.8, 4) is 11.1 Å². The third-order valence-corrected chi connectivity index (χ3v) is 4.96. The van der Waals surface area contributed by atoms with Gasteiger partial charge in [0.05, 0.1) is 12.3 Å². The lowest BCUT2D eigenvalue weighted by molar-refractivity contribution is 1.11. The zero-order valence-corrected chi connectivity index (χ0v) is 15.7. The minimum Gasteiger partial charge on any atom is -0.368 e. The average molecular weight is 377 g/mol. The topological polar surface area (TPSA) is 76.2 Å². The Bertz CT molecular complexity index is 1210. The van der Waals surface area contributed by atoms with Crippen molar-refractivity contribution < 1.29 is 0 Å². The maximum absolute atomic E-state index is 5.68. The maximum atomic E-state index is 5.68. The van der Waals surface area contributed by atoms with Crippen molar-refractivity contribution in [1.82, 2.24) is 9.97 Å². The first-order valence-electron chi connectivity index (χ1n) is 9.45. The van der Waals surface area contributed by atoms with Crippen LogP contribution >= 0.6 is 0 Å². The molecule has 1 aliphatic heterocycles. The summed E-state index contributed by atoms with van der Waals surface area (Å²) >= 11 is 0. The highest BCUT2D eigenvalue weighted by Gasteiger charge is 2.18. The van der Waals surface area contributed by atoms with E-state index in [0.717, 1.165) is 22.5 Å². The first kappa shape index (κ1) is 17.1. The minimum absolute atomic E-state index is 0.246. The molecule has 0 saturated heterocycles. The van der Waals surface area contributed by atoms with Crippen LogP contribution in [-0.2, 0) is 6.54 Å². The molecule has 0 fully saturated rings. The monoisotopic (exact) mass is 377 g/mol. The highest BCUT2D eigenvalue weighted by atomic mass is 15.1. The van der Waals surface area contributed by atoms with Gasteiger partial charge in [-0.05, 0) is 41.0 Å². The molecule has 0 aliphatic carbocycles. The summed E-state index contributed by atoms with van der Waals surface area (Å²) < 4.78 is 0. The van der Waals surface area contributed by atoms with Gasteiger partial charge in [-0.25, -0.2) is 4.98 Å². The van der Waals surface area contributed by atoms with Gasteiger partial charge in [-0.1, -0.05) is 54.6 Å². The average Bonchev–Trinajstić information content (AvgIpc) is 3.18. The molecule has 0 spiro atoms. The predicted molar refractivity (Wildman–Crippen MR) is 117 cm³/mol. The van der Waals surface area contributed by atoms with Gasteiger partial charge in [0.25, 0.3) is 0 Å². The normalized spacial score (nSPS) is 12.3. The van der Waals surface area contributed by atoms with E-state index in [1.54, 1.807) is 12.3 Å². The quantitative estimate of drug-likeness (QED) is 0.534. The molecule has 0 bridgehead atoms. The Morgan fingerprint density at radius 1 is 0.793 bits per heavy atom. The summed E-state index contributed by atoms with van der Waals surface area (Å²) in [5.41, 5.74) is 13.5. The van der Waals surface area contributed by atoms with Crippen molar-refractivity contribution in [2.45, 2.75) is 6.54 Å². The second-order valence-corrected chi connectivity index (χ2v) is 6.91. The molecule has 5 rings (SSSR count). The van der Waals surface area contributed by atoms with Gasteiger partial charge in [0.2, 0.25) is 5.95 Å². The number of rotatable bonds is 4. The van der Waals surface area contributed by atoms with E-state index in [2.05, 4.69) is 75.9 Å². The highest BCUT2D eigenvalue weighted by Crippen LogP contribution is 2.29. The van der Waals surface area contributed by atoms with E-state index >= 15 is 0 Å². The number of nitrogens with two attached hydrogens (primary N) is 1. The van der Waals surface area contributed by atoms with Gasteiger partial charge in [0.1, 0.15) is 5.82 Å². The fourth-order valence-corrected chi connectivity index (χ4v) is 3.58. The van der Waals surface area contributed by atoms with Crippen molar-refractivity contribution in [1.29, 1.82) is 0 Å². The Kier molecular flexibility index (Phi) is 4.26. The number of nitrogens with one attached hydrogen (secondary N) is 1. The lowest BCUT2D eigenvalue weighted by Gasteiger charge is -2.10. The largest absolute Gasteiger partial charge is 0.368 e. The summed E-state index contributed by atoms with van der Waals surface area (Å²) in [6, 6.07) is 27.0. The molecule has 0 atom stereocenters. The molecule has 5 heteroatoms. The fourth-order valence-electron chi connectivity index (χ4n) is 3.58. The SMILES string of the molecule is Nc1nccc(Nc2ccc3c(c2)C(c2cccc(-c4ccccc4)c2)=NC3)n1. The number of aromatic nitrogens is 2. The Morgan fingerprint density at radius 2 is 1.62 bits per heavy atom. The van der Waals surface area contributed by atoms with Crippen LogP contribution in [-0.4, -0.2) is 15.7 Å². The molecule has 29 heavy (non-hydrogen) atoms. The van der Waals surface area contributed by atoms with Gasteiger partial charge in [-0.2, -0.15) is 4.98 Å². The van der Waals surface area contributed by atoms with Gasteiger partial charge < -0.3 is 11.1 Å². The molecular formula is C24H19N5. The fraction of sp³-hybridized carbons (Fsp3) is 0.0417. The van der Waals surface area contributed by atoms with E-state index in [4.69, 9.17) is 10.7 Å². The van der Waals surface area contributed by atoms with E-state index in [1.807, 2.05) is 12.1 Å². The van der Waals surface area contributed by atoms with Gasteiger partial charge in [0.15, 0.2) is 0 Å². The van der Waals surface area contributed by atoms with Crippen LogP contribution in [0.2, 0.25) is 0 Å². The van der Waals surface area contributed by atoms with Gasteiger partial charge >= 0.3 is 0 Å². The van der Waals surface area contributed by atoms with Gasteiger partial charge in [0, 0.05) is 23.0 Å². The lowest BCUT2D eigenvalue weighted by Crippen LogP contribution is -2.03. The maximum Gasteiger partial charge on any atom is 0.221 e. The third-order valence-electron chi connectivity index (χ3n) is 4.96. The Hall–Kier alpha value is -3.99. The summed E-state index contributed by atoms with van der Waals surface area (Å²) in [5.74, 6) is 0.913. The molecule has 140 valence electrons. The van der Waals surface area contributed by atoms with E-state index in [0.29, 0.717) is 12.4 Å². The van der Waals surface area contributed by atoms with Crippen LogP contribution in [0.15, 0.2) is 90.1 Å². The molecule has 0 radical (unpaired) electrons. The zero-order valence-electron chi connectivity index (χ0n) is 15.7. The molecule has 0 amide bonds. The summed E-state index contributed by atoms with van der Waals surface area (Å²) in [6.07, 6.45) is 1.64. The molecule has 3 N–H and O–H groups in total. The number of nitrogens with zero attached hydrogens (tertiary/aromatic N) is 3. The summed E-state index contributed by atoms with van der Waals surface area (Å²) in [5, 5.41) is 3.30. The summed E-state index contributed by atoms with van der Waals surface area (Å²) in [7, 11) is 0. The molecule has 0 saturated carbocycles. The molecule has 1 aliphatic rings. The second kappa shape index (κ2) is 7.20. The smallest absolute Gasteiger partial charge is 0.221 e. The van der Waals surface area contributed by atoms with E-state index in [9.17, 15) is 0 Å². The minimum atomic E-state index is 0.246. The summed E-state index contributed by atoms with van der Waals surface area (Å²) in [6.45, 7) is 0.695. The number of fused-ring (bicyclic) bond motifs is 1. The van der Waals surface area contributed by atoms with Crippen molar-refractivity contribution >= 4 is 23.2 Å². The molecule has 0 unspecified atom stereocenters. The van der Waals surface area contributed by atoms with Gasteiger partial charge in [-0.15, -0.1) is 0 Å². The van der Waals surface area contributed by atoms with Crippen LogP contribution in [0.25, 0.3) is 11.1 Å². The highest BCUT2D eigenvalue weighted by molar-refractivity contribution is 6.16. The van der Waals surface area contributed by atoms with E-state index in [-0.39, 0.29) is 5.95 Å². The Labute approximate surface area is 169 Å². The number of aliphatic imine (C=N–C) groups is 1. The molecular weight excluding hydrogens is 358 g/mol. The first-order chi connectivity index (χ1) is 14.3. The standard InChI is InChI=1S/C24H19N5/c25-24-26-12-11-22(29-24)28-20-10-9-19-15-27-23(21(19)14-20)18-8-4-7-17(13-18)16-5-2-1-3-6-16/h1-14H,15H2,(H3,25,26,28,29).